The van der Waals surface area contributed by atoms with E-state index in [-0.39, 0.29) is 0 Å². The fourth-order valence-electron chi connectivity index (χ4n) is 3.24. The third-order valence-electron chi connectivity index (χ3n) is 4.84. The average Bonchev–Trinajstić information content (AvgIpc) is 3.22. The van der Waals surface area contributed by atoms with Gasteiger partial charge in [-0.25, -0.2) is 0 Å². The molecule has 1 aromatic carbocycles. The number of ether oxygens (including phenoxy) is 4. The Morgan fingerprint density at radius 2 is 1.97 bits per heavy atom. The topological polar surface area (TPSA) is 64.6 Å². The normalized spacial score (nSPS) is 17.0. The average molecular weight is 408 g/mol. The van der Waals surface area contributed by atoms with Gasteiger partial charge in [0, 0.05) is 45.8 Å². The standard InChI is InChI=1S/C22H37N3O4/c1-4-23-22(25-12-10-20(16-25)18-29-15-14-26-2)24-11-5-13-28-17-19-6-8-21(27-3)9-7-19/h6-9,20H,4-5,10-18H2,1-3H3,(H,23,24). The summed E-state index contributed by atoms with van der Waals surface area (Å²) in [6.07, 6.45) is 2.05. The van der Waals surface area contributed by atoms with Crippen molar-refractivity contribution in [3.05, 3.63) is 29.8 Å². The Balaban J connectivity index is 1.65. The van der Waals surface area contributed by atoms with E-state index < -0.39 is 0 Å². The summed E-state index contributed by atoms with van der Waals surface area (Å²) in [7, 11) is 3.37. The molecule has 0 spiro atoms. The van der Waals surface area contributed by atoms with Crippen molar-refractivity contribution in [1.29, 1.82) is 0 Å². The number of rotatable bonds is 13. The minimum Gasteiger partial charge on any atom is -0.497 e. The van der Waals surface area contributed by atoms with Gasteiger partial charge in [-0.05, 0) is 37.5 Å². The highest BCUT2D eigenvalue weighted by molar-refractivity contribution is 5.80. The highest BCUT2D eigenvalue weighted by Crippen LogP contribution is 2.17. The maximum absolute atomic E-state index is 5.77. The first-order valence-electron chi connectivity index (χ1n) is 10.6. The van der Waals surface area contributed by atoms with E-state index in [1.54, 1.807) is 14.2 Å². The van der Waals surface area contributed by atoms with Gasteiger partial charge in [-0.3, -0.25) is 4.99 Å². The Bertz CT molecular complexity index is 580. The van der Waals surface area contributed by atoms with Gasteiger partial charge in [0.15, 0.2) is 5.96 Å². The van der Waals surface area contributed by atoms with Gasteiger partial charge in [0.05, 0.1) is 33.5 Å². The largest absolute Gasteiger partial charge is 0.497 e. The molecule has 29 heavy (non-hydrogen) atoms. The van der Waals surface area contributed by atoms with Crippen molar-refractivity contribution in [3.8, 4) is 5.75 Å². The summed E-state index contributed by atoms with van der Waals surface area (Å²) in [6.45, 7) is 9.18. The van der Waals surface area contributed by atoms with Gasteiger partial charge in [0.25, 0.3) is 0 Å². The Morgan fingerprint density at radius 1 is 1.14 bits per heavy atom. The van der Waals surface area contributed by atoms with E-state index in [4.69, 9.17) is 23.9 Å². The summed E-state index contributed by atoms with van der Waals surface area (Å²) in [5, 5.41) is 3.41. The van der Waals surface area contributed by atoms with Gasteiger partial charge in [0.2, 0.25) is 0 Å². The predicted octanol–water partition coefficient (Wildman–Crippen LogP) is 2.55. The Hall–Kier alpha value is -1.83. The predicted molar refractivity (Wildman–Crippen MR) is 116 cm³/mol. The summed E-state index contributed by atoms with van der Waals surface area (Å²) in [6, 6.07) is 7.97. The molecule has 0 saturated carbocycles. The van der Waals surface area contributed by atoms with Crippen LogP contribution < -0.4 is 10.1 Å². The highest BCUT2D eigenvalue weighted by Gasteiger charge is 2.24. The fraction of sp³-hybridized carbons (Fsp3) is 0.682. The van der Waals surface area contributed by atoms with E-state index >= 15 is 0 Å². The lowest BCUT2D eigenvalue weighted by molar-refractivity contribution is 0.0536. The van der Waals surface area contributed by atoms with E-state index in [9.17, 15) is 0 Å². The first-order valence-corrected chi connectivity index (χ1v) is 10.6. The number of likely N-dealkylation sites (tertiary alicyclic amines) is 1. The summed E-state index contributed by atoms with van der Waals surface area (Å²) >= 11 is 0. The van der Waals surface area contributed by atoms with Gasteiger partial charge in [-0.15, -0.1) is 0 Å². The van der Waals surface area contributed by atoms with E-state index in [0.29, 0.717) is 32.3 Å². The van der Waals surface area contributed by atoms with E-state index in [1.165, 1.54) is 0 Å². The number of guanidine groups is 1. The molecule has 0 amide bonds. The summed E-state index contributed by atoms with van der Waals surface area (Å²) in [5.74, 6) is 2.43. The number of nitrogens with zero attached hydrogens (tertiary/aromatic N) is 2. The quantitative estimate of drug-likeness (QED) is 0.308. The van der Waals surface area contributed by atoms with Crippen LogP contribution in [0.1, 0.15) is 25.3 Å². The third kappa shape index (κ3) is 9.02. The van der Waals surface area contributed by atoms with Crippen LogP contribution in [-0.2, 0) is 20.8 Å². The summed E-state index contributed by atoms with van der Waals surface area (Å²) in [4.78, 5) is 7.12. The number of nitrogens with one attached hydrogen (secondary N) is 1. The minimum absolute atomic E-state index is 0.559. The van der Waals surface area contributed by atoms with E-state index in [2.05, 4.69) is 17.1 Å². The van der Waals surface area contributed by atoms with Crippen molar-refractivity contribution in [2.75, 3.05) is 66.8 Å². The molecule has 1 N–H and O–H groups in total. The van der Waals surface area contributed by atoms with Gasteiger partial charge in [0.1, 0.15) is 5.75 Å². The third-order valence-corrected chi connectivity index (χ3v) is 4.84. The van der Waals surface area contributed by atoms with Crippen LogP contribution in [0.3, 0.4) is 0 Å². The molecule has 7 nitrogen and oxygen atoms in total. The zero-order valence-electron chi connectivity index (χ0n) is 18.2. The van der Waals surface area contributed by atoms with E-state index in [1.807, 2.05) is 24.3 Å². The van der Waals surface area contributed by atoms with Crippen molar-refractivity contribution in [1.82, 2.24) is 10.2 Å². The Labute approximate surface area is 175 Å². The molecule has 1 aromatic rings. The van der Waals surface area contributed by atoms with Gasteiger partial charge in [-0.2, -0.15) is 0 Å². The van der Waals surface area contributed by atoms with Crippen molar-refractivity contribution >= 4 is 5.96 Å². The second-order valence-corrected chi connectivity index (χ2v) is 7.16. The molecular weight excluding hydrogens is 370 g/mol. The molecule has 164 valence electrons. The van der Waals surface area contributed by atoms with Crippen molar-refractivity contribution in [2.45, 2.75) is 26.4 Å². The molecule has 0 bridgehead atoms. The number of aliphatic imine (C=N–C) groups is 1. The highest BCUT2D eigenvalue weighted by atomic mass is 16.5. The second-order valence-electron chi connectivity index (χ2n) is 7.16. The van der Waals surface area contributed by atoms with Crippen LogP contribution in [0.5, 0.6) is 5.75 Å². The lowest BCUT2D eigenvalue weighted by Crippen LogP contribution is -2.40. The van der Waals surface area contributed by atoms with Crippen LogP contribution in [0.2, 0.25) is 0 Å². The van der Waals surface area contributed by atoms with Crippen LogP contribution in [0.15, 0.2) is 29.3 Å². The molecule has 1 saturated heterocycles. The number of hydrogen-bond acceptors (Lipinski definition) is 5. The molecule has 7 heteroatoms. The Morgan fingerprint density at radius 3 is 2.69 bits per heavy atom. The number of benzene rings is 1. The van der Waals surface area contributed by atoms with Crippen LogP contribution >= 0.6 is 0 Å². The van der Waals surface area contributed by atoms with Gasteiger partial charge in [-0.1, -0.05) is 12.1 Å². The van der Waals surface area contributed by atoms with Crippen LogP contribution in [0.4, 0.5) is 0 Å². The number of hydrogen-bond donors (Lipinski definition) is 1. The van der Waals surface area contributed by atoms with Crippen LogP contribution in [0, 0.1) is 5.92 Å². The first-order chi connectivity index (χ1) is 14.3. The fourth-order valence-corrected chi connectivity index (χ4v) is 3.24. The molecule has 0 aromatic heterocycles. The van der Waals surface area contributed by atoms with Gasteiger partial charge >= 0.3 is 0 Å². The van der Waals surface area contributed by atoms with Crippen molar-refractivity contribution in [2.24, 2.45) is 10.9 Å². The molecule has 1 aliphatic heterocycles. The van der Waals surface area contributed by atoms with Crippen molar-refractivity contribution < 1.29 is 18.9 Å². The number of methoxy groups -OCH3 is 2. The second kappa shape index (κ2) is 14.2. The van der Waals surface area contributed by atoms with E-state index in [0.717, 1.165) is 62.9 Å². The maximum atomic E-state index is 5.77. The smallest absolute Gasteiger partial charge is 0.193 e. The monoisotopic (exact) mass is 407 g/mol. The zero-order valence-corrected chi connectivity index (χ0v) is 18.2. The molecule has 1 unspecified atom stereocenters. The molecule has 0 radical (unpaired) electrons. The van der Waals surface area contributed by atoms with Gasteiger partial charge < -0.3 is 29.2 Å². The Kier molecular flexibility index (Phi) is 11.5. The molecule has 0 aliphatic carbocycles. The van der Waals surface area contributed by atoms with Crippen LogP contribution in [0.25, 0.3) is 0 Å². The lowest BCUT2D eigenvalue weighted by Gasteiger charge is -2.21. The maximum Gasteiger partial charge on any atom is 0.193 e. The minimum atomic E-state index is 0.559. The lowest BCUT2D eigenvalue weighted by atomic mass is 10.1. The molecule has 1 fully saturated rings. The SMILES string of the molecule is CCNC(=NCCCOCc1ccc(OC)cc1)N1CCC(COCCOC)C1. The molecule has 2 rings (SSSR count). The zero-order chi connectivity index (χ0) is 20.7. The first kappa shape index (κ1) is 23.4. The molecule has 1 atom stereocenters. The summed E-state index contributed by atoms with van der Waals surface area (Å²) in [5.41, 5.74) is 1.15. The van der Waals surface area contributed by atoms with Crippen molar-refractivity contribution in [3.63, 3.8) is 0 Å². The molecular formula is C22H37N3O4. The molecule has 1 heterocycles. The van der Waals surface area contributed by atoms with Crippen LogP contribution in [-0.4, -0.2) is 77.7 Å². The molecule has 1 aliphatic rings. The summed E-state index contributed by atoms with van der Waals surface area (Å²) < 4.78 is 21.7.